The van der Waals surface area contributed by atoms with E-state index in [1.54, 1.807) is 0 Å². The van der Waals surface area contributed by atoms with Crippen molar-refractivity contribution in [3.05, 3.63) is 23.8 Å². The normalized spacial score (nSPS) is 61.7. The lowest BCUT2D eigenvalue weighted by atomic mass is 9.40. The van der Waals surface area contributed by atoms with Crippen LogP contribution in [0.25, 0.3) is 0 Å². The number of aliphatic hydroxyl groups is 4. The molecule has 0 aliphatic heterocycles. The Kier molecular flexibility index (Phi) is 6.30. The zero-order valence-corrected chi connectivity index (χ0v) is 26.8. The Bertz CT molecular complexity index is 1180. The van der Waals surface area contributed by atoms with Crippen LogP contribution in [-0.4, -0.2) is 44.3 Å². The van der Waals surface area contributed by atoms with Crippen molar-refractivity contribution in [2.24, 2.45) is 69.0 Å². The quantitative estimate of drug-likeness (QED) is 0.258. The first kappa shape index (κ1) is 28.8. The average Bonchev–Trinajstić information content (AvgIpc) is 3.41. The van der Waals surface area contributed by atoms with Gasteiger partial charge in [-0.05, 0) is 159 Å². The summed E-state index contributed by atoms with van der Waals surface area (Å²) in [5, 5.41) is 46.1. The molecule has 6 unspecified atom stereocenters. The summed E-state index contributed by atoms with van der Waals surface area (Å²) < 4.78 is 0. The Hall–Kier alpha value is -0.680. The molecular formula is C38H58O4. The van der Waals surface area contributed by atoms with Crippen molar-refractivity contribution in [1.29, 1.82) is 0 Å². The van der Waals surface area contributed by atoms with Crippen molar-refractivity contribution in [2.75, 3.05) is 0 Å². The first-order chi connectivity index (χ1) is 19.9. The molecule has 16 atom stereocenters. The van der Waals surface area contributed by atoms with Gasteiger partial charge in [0, 0.05) is 5.41 Å². The number of hydrogen-bond donors (Lipinski definition) is 4. The third-order valence-electron chi connectivity index (χ3n) is 17.1. The summed E-state index contributed by atoms with van der Waals surface area (Å²) in [5.74, 6) is 4.53. The van der Waals surface area contributed by atoms with E-state index in [9.17, 15) is 20.4 Å². The second-order valence-electron chi connectivity index (χ2n) is 18.0. The Morgan fingerprint density at radius 2 is 1.31 bits per heavy atom. The van der Waals surface area contributed by atoms with Crippen molar-refractivity contribution < 1.29 is 20.4 Å². The molecule has 0 bridgehead atoms. The van der Waals surface area contributed by atoms with E-state index in [1.807, 2.05) is 0 Å². The molecule has 4 heteroatoms. The van der Waals surface area contributed by atoms with E-state index in [4.69, 9.17) is 0 Å². The number of hydrogen-bond acceptors (Lipinski definition) is 4. The minimum Gasteiger partial charge on any atom is -0.393 e. The summed E-state index contributed by atoms with van der Waals surface area (Å²) in [5.41, 5.74) is 0.363. The van der Waals surface area contributed by atoms with Gasteiger partial charge in [0.1, 0.15) is 0 Å². The molecule has 6 fully saturated rings. The Morgan fingerprint density at radius 1 is 0.643 bits per heavy atom. The van der Waals surface area contributed by atoms with Gasteiger partial charge >= 0.3 is 0 Å². The minimum atomic E-state index is -0.856. The Labute approximate surface area is 254 Å². The molecule has 6 saturated carbocycles. The fourth-order valence-electron chi connectivity index (χ4n) is 14.7. The van der Waals surface area contributed by atoms with Crippen LogP contribution >= 0.6 is 0 Å². The van der Waals surface area contributed by atoms with Gasteiger partial charge in [0.05, 0.1) is 23.9 Å². The van der Waals surface area contributed by atoms with Crippen molar-refractivity contribution in [1.82, 2.24) is 0 Å². The molecule has 0 aromatic rings. The molecule has 0 aromatic heterocycles. The molecule has 8 rings (SSSR count). The fourth-order valence-corrected chi connectivity index (χ4v) is 14.7. The molecule has 42 heavy (non-hydrogen) atoms. The van der Waals surface area contributed by atoms with E-state index < -0.39 is 11.7 Å². The number of fused-ring (bicyclic) bond motifs is 10. The maximum Gasteiger partial charge on any atom is 0.0919 e. The van der Waals surface area contributed by atoms with Crippen LogP contribution in [0.3, 0.4) is 0 Å². The lowest BCUT2D eigenvalue weighted by Gasteiger charge is -2.65. The maximum atomic E-state index is 13.3. The van der Waals surface area contributed by atoms with Gasteiger partial charge in [0.25, 0.3) is 0 Å². The predicted octanol–water partition coefficient (Wildman–Crippen LogP) is 6.81. The Balaban J connectivity index is 1.15. The fraction of sp³-hybridized carbons (Fsp3) is 0.895. The number of rotatable bonds is 1. The van der Waals surface area contributed by atoms with E-state index in [0.29, 0.717) is 47.3 Å². The molecule has 0 saturated heterocycles. The zero-order chi connectivity index (χ0) is 29.4. The molecule has 8 aliphatic carbocycles. The van der Waals surface area contributed by atoms with Gasteiger partial charge in [-0.2, -0.15) is 0 Å². The van der Waals surface area contributed by atoms with Crippen LogP contribution in [-0.2, 0) is 0 Å². The highest BCUT2D eigenvalue weighted by molar-refractivity contribution is 5.38. The van der Waals surface area contributed by atoms with Crippen LogP contribution in [0.2, 0.25) is 0 Å². The summed E-state index contributed by atoms with van der Waals surface area (Å²) >= 11 is 0. The van der Waals surface area contributed by atoms with Gasteiger partial charge in [0.2, 0.25) is 0 Å². The van der Waals surface area contributed by atoms with Crippen molar-refractivity contribution in [3.63, 3.8) is 0 Å². The molecule has 4 nitrogen and oxygen atoms in total. The van der Waals surface area contributed by atoms with Gasteiger partial charge in [-0.3, -0.25) is 0 Å². The minimum absolute atomic E-state index is 0.0562. The lowest BCUT2D eigenvalue weighted by molar-refractivity contribution is -0.153. The first-order valence-electron chi connectivity index (χ1n) is 18.0. The molecule has 234 valence electrons. The molecule has 0 aromatic carbocycles. The largest absolute Gasteiger partial charge is 0.393 e. The Morgan fingerprint density at radius 3 is 2.10 bits per heavy atom. The van der Waals surface area contributed by atoms with E-state index in [0.717, 1.165) is 70.6 Å². The molecule has 8 aliphatic rings. The van der Waals surface area contributed by atoms with E-state index >= 15 is 0 Å². The van der Waals surface area contributed by atoms with Crippen molar-refractivity contribution in [3.8, 4) is 0 Å². The number of aliphatic hydroxyl groups excluding tert-OH is 3. The third-order valence-corrected chi connectivity index (χ3v) is 17.1. The van der Waals surface area contributed by atoms with E-state index in [-0.39, 0.29) is 33.9 Å². The highest BCUT2D eigenvalue weighted by Crippen LogP contribution is 2.73. The molecule has 0 heterocycles. The van der Waals surface area contributed by atoms with E-state index in [1.165, 1.54) is 24.8 Å². The van der Waals surface area contributed by atoms with Crippen molar-refractivity contribution in [2.45, 2.75) is 141 Å². The average molecular weight is 579 g/mol. The second kappa shape index (κ2) is 9.20. The molecule has 0 radical (unpaired) electrons. The lowest BCUT2D eigenvalue weighted by Crippen LogP contribution is -2.62. The van der Waals surface area contributed by atoms with Crippen LogP contribution in [0, 0.1) is 69.0 Å². The van der Waals surface area contributed by atoms with Gasteiger partial charge in [-0.1, -0.05) is 45.9 Å². The van der Waals surface area contributed by atoms with Crippen LogP contribution < -0.4 is 0 Å². The second-order valence-corrected chi connectivity index (χ2v) is 18.0. The van der Waals surface area contributed by atoms with Gasteiger partial charge in [0.15, 0.2) is 0 Å². The van der Waals surface area contributed by atoms with Gasteiger partial charge in [-0.15, -0.1) is 0 Å². The monoisotopic (exact) mass is 578 g/mol. The number of allylic oxidation sites excluding steroid dienone is 1. The zero-order valence-electron chi connectivity index (χ0n) is 26.8. The van der Waals surface area contributed by atoms with Crippen LogP contribution in [0.15, 0.2) is 23.8 Å². The maximum absolute atomic E-state index is 13.3. The summed E-state index contributed by atoms with van der Waals surface area (Å²) in [4.78, 5) is 0. The van der Waals surface area contributed by atoms with Crippen molar-refractivity contribution >= 4 is 0 Å². The molecule has 0 amide bonds. The summed E-state index contributed by atoms with van der Waals surface area (Å²) in [6.07, 6.45) is 20.8. The predicted molar refractivity (Wildman–Crippen MR) is 165 cm³/mol. The highest BCUT2D eigenvalue weighted by atomic mass is 16.3. The molecular weight excluding hydrogens is 520 g/mol. The topological polar surface area (TPSA) is 80.9 Å². The van der Waals surface area contributed by atoms with Gasteiger partial charge in [-0.25, -0.2) is 0 Å². The SMILES string of the molecule is C[C@]12C=CC(O)CC1CC[C@@H]1[C@H]2CC[C@@]2(C)[C@H]1CCC2(O)C1=CC(O)CC2CC[C@@H]3[C@@H](CC[C@]4(C)C(O)CC[C@@H]34)[C@@]12C. The van der Waals surface area contributed by atoms with Crippen LogP contribution in [0.1, 0.15) is 118 Å². The highest BCUT2D eigenvalue weighted by Gasteiger charge is 2.70. The first-order valence-corrected chi connectivity index (χ1v) is 18.0. The smallest absolute Gasteiger partial charge is 0.0919 e. The van der Waals surface area contributed by atoms with E-state index in [2.05, 4.69) is 45.9 Å². The summed E-state index contributed by atoms with van der Waals surface area (Å²) in [6, 6.07) is 0. The molecule has 0 spiro atoms. The van der Waals surface area contributed by atoms with Crippen LogP contribution in [0.5, 0.6) is 0 Å². The molecule has 4 N–H and O–H groups in total. The van der Waals surface area contributed by atoms with Crippen LogP contribution in [0.4, 0.5) is 0 Å². The summed E-state index contributed by atoms with van der Waals surface area (Å²) in [7, 11) is 0. The third kappa shape index (κ3) is 3.45. The summed E-state index contributed by atoms with van der Waals surface area (Å²) in [6.45, 7) is 9.81. The standard InChI is InChI=1S/C38H58O4/c1-34-15-11-24(39)19-22(34)5-7-26-29(34)13-17-36(3)30(26)14-18-38(36,42)32-21-25(40)20-23-6-8-27-28-9-10-33(41)35(28,2)16-12-31(27)37(23,32)4/h11,15,21-31,33,39-42H,5-10,12-14,16-20H2,1-4H3/t22?,23?,24?,25?,26-,27+,28+,29-,30+,31-,33?,34+,35+,36+,37+,38?/m1/s1. The van der Waals surface area contributed by atoms with Gasteiger partial charge < -0.3 is 20.4 Å².